The van der Waals surface area contributed by atoms with Crippen molar-refractivity contribution < 1.29 is 22.7 Å². The van der Waals surface area contributed by atoms with Crippen molar-refractivity contribution in [2.45, 2.75) is 25.4 Å². The van der Waals surface area contributed by atoms with Crippen LogP contribution in [0, 0.1) is 6.92 Å². The van der Waals surface area contributed by atoms with Crippen LogP contribution in [-0.4, -0.2) is 55.7 Å². The number of nitrogens with zero attached hydrogens (tertiary/aromatic N) is 3. The first-order valence-electron chi connectivity index (χ1n) is 9.05. The molecule has 1 aromatic carbocycles. The van der Waals surface area contributed by atoms with Gasteiger partial charge < -0.3 is 14.8 Å². The first kappa shape index (κ1) is 22.3. The van der Waals surface area contributed by atoms with Crippen LogP contribution in [0.3, 0.4) is 0 Å². The van der Waals surface area contributed by atoms with Gasteiger partial charge in [0.25, 0.3) is 10.2 Å². The normalized spacial score (nSPS) is 21.3. The maximum Gasteiger partial charge on any atom is 0.280 e. The molecule has 1 fully saturated rings. The molecule has 0 saturated carbocycles. The molecule has 1 aromatic heterocycles. The molecule has 3 rings (SSSR count). The van der Waals surface area contributed by atoms with Gasteiger partial charge in [-0.3, -0.25) is 9.48 Å². The Balaban J connectivity index is 1.91. The number of ether oxygens (including phenoxy) is 2. The number of hydrogen-bond acceptors (Lipinski definition) is 6. The Morgan fingerprint density at radius 3 is 2.50 bits per heavy atom. The highest BCUT2D eigenvalue weighted by Crippen LogP contribution is 2.37. The number of hydrogen-bond donors (Lipinski definition) is 2. The van der Waals surface area contributed by atoms with Gasteiger partial charge in [-0.15, -0.1) is 0 Å². The third-order valence-electron chi connectivity index (χ3n) is 5.25. The zero-order valence-corrected chi connectivity index (χ0v) is 18.8. The Morgan fingerprint density at radius 1 is 1.27 bits per heavy atom. The zero-order valence-electron chi connectivity index (χ0n) is 17.3. The summed E-state index contributed by atoms with van der Waals surface area (Å²) in [5, 5.41) is 7.23. The van der Waals surface area contributed by atoms with Crippen molar-refractivity contribution in [1.29, 1.82) is 0 Å². The lowest BCUT2D eigenvalue weighted by molar-refractivity contribution is -0.120. The van der Waals surface area contributed by atoms with Crippen LogP contribution in [0.1, 0.15) is 23.7 Å². The van der Waals surface area contributed by atoms with Gasteiger partial charge in [-0.2, -0.15) is 22.5 Å². The fraction of sp³-hybridized carbons (Fsp3) is 0.444. The van der Waals surface area contributed by atoms with Crippen LogP contribution in [0.25, 0.3) is 0 Å². The van der Waals surface area contributed by atoms with Crippen LogP contribution < -0.4 is 19.5 Å². The van der Waals surface area contributed by atoms with Gasteiger partial charge in [0.15, 0.2) is 0 Å². The Bertz CT molecular complexity index is 1070. The molecule has 1 saturated heterocycles. The van der Waals surface area contributed by atoms with Gasteiger partial charge in [0.2, 0.25) is 5.91 Å². The maximum absolute atomic E-state index is 13.1. The van der Waals surface area contributed by atoms with Crippen LogP contribution >= 0.6 is 11.6 Å². The van der Waals surface area contributed by atoms with Crippen molar-refractivity contribution in [3.63, 3.8) is 0 Å². The number of aromatic nitrogens is 2. The number of aryl methyl sites for hydroxylation is 1. The molecule has 1 amide bonds. The summed E-state index contributed by atoms with van der Waals surface area (Å²) in [6, 6.07) is 1.50. The summed E-state index contributed by atoms with van der Waals surface area (Å²) in [4.78, 5) is 13.1. The Morgan fingerprint density at radius 2 is 1.93 bits per heavy atom. The molecule has 2 N–H and O–H groups in total. The van der Waals surface area contributed by atoms with Gasteiger partial charge in [-0.05, 0) is 13.3 Å². The third-order valence-corrected chi connectivity index (χ3v) is 7.14. The van der Waals surface area contributed by atoms with Gasteiger partial charge in [-0.1, -0.05) is 11.6 Å². The summed E-state index contributed by atoms with van der Waals surface area (Å²) in [7, 11) is 2.14. The van der Waals surface area contributed by atoms with Crippen molar-refractivity contribution >= 4 is 33.4 Å². The second kappa shape index (κ2) is 8.42. The van der Waals surface area contributed by atoms with Gasteiger partial charge in [0.05, 0.1) is 37.2 Å². The second-order valence-electron chi connectivity index (χ2n) is 6.93. The molecule has 164 valence electrons. The molecule has 0 spiro atoms. The highest BCUT2D eigenvalue weighted by atomic mass is 35.5. The molecule has 12 heteroatoms. The molecule has 10 nitrogen and oxygen atoms in total. The van der Waals surface area contributed by atoms with Crippen LogP contribution in [0.4, 0.5) is 5.69 Å². The molecule has 0 aliphatic carbocycles. The smallest absolute Gasteiger partial charge is 0.280 e. The van der Waals surface area contributed by atoms with Gasteiger partial charge in [0.1, 0.15) is 17.5 Å². The number of amides is 1. The van der Waals surface area contributed by atoms with E-state index in [1.54, 1.807) is 17.9 Å². The Hall–Kier alpha value is -2.34. The number of carbonyl (C=O) groups is 1. The van der Waals surface area contributed by atoms with E-state index >= 15 is 0 Å². The second-order valence-corrected chi connectivity index (χ2v) is 9.10. The number of likely N-dealkylation sites (N-methyl/N-ethyl adjacent to an activating group) is 1. The van der Waals surface area contributed by atoms with E-state index in [-0.39, 0.29) is 6.42 Å². The molecule has 2 atom stereocenters. The van der Waals surface area contributed by atoms with Crippen molar-refractivity contribution in [2.24, 2.45) is 7.05 Å². The SMILES string of the molecule is COc1cc(NC(=O)[C@@H]2C[C@H](c3cnn(C)c3C)NS(=O)(=O)N2C)c(OC)cc1Cl. The molecule has 1 aliphatic heterocycles. The van der Waals surface area contributed by atoms with E-state index < -0.39 is 28.2 Å². The number of nitrogens with one attached hydrogen (secondary N) is 2. The van der Waals surface area contributed by atoms with E-state index in [2.05, 4.69) is 15.1 Å². The molecule has 2 aromatic rings. The topological polar surface area (TPSA) is 115 Å². The van der Waals surface area contributed by atoms with Crippen LogP contribution in [0.15, 0.2) is 18.3 Å². The summed E-state index contributed by atoms with van der Waals surface area (Å²) in [5.74, 6) is 0.174. The van der Waals surface area contributed by atoms with Gasteiger partial charge in [0, 0.05) is 37.5 Å². The average molecular weight is 458 g/mol. The predicted octanol–water partition coefficient (Wildman–Crippen LogP) is 1.62. The monoisotopic (exact) mass is 457 g/mol. The van der Waals surface area contributed by atoms with Gasteiger partial charge in [-0.25, -0.2) is 0 Å². The van der Waals surface area contributed by atoms with E-state index in [1.807, 2.05) is 6.92 Å². The lowest BCUT2D eigenvalue weighted by Crippen LogP contribution is -2.56. The summed E-state index contributed by atoms with van der Waals surface area (Å²) >= 11 is 6.11. The molecule has 0 radical (unpaired) electrons. The van der Waals surface area contributed by atoms with Crippen LogP contribution in [0.2, 0.25) is 5.02 Å². The minimum Gasteiger partial charge on any atom is -0.495 e. The number of methoxy groups -OCH3 is 2. The Labute approximate surface area is 180 Å². The summed E-state index contributed by atoms with van der Waals surface area (Å²) in [6.45, 7) is 1.84. The number of carbonyl (C=O) groups excluding carboxylic acids is 1. The molecule has 0 bridgehead atoms. The molecule has 2 heterocycles. The molecule has 30 heavy (non-hydrogen) atoms. The fourth-order valence-electron chi connectivity index (χ4n) is 3.34. The first-order valence-corrected chi connectivity index (χ1v) is 10.9. The predicted molar refractivity (Wildman–Crippen MR) is 112 cm³/mol. The fourth-order valence-corrected chi connectivity index (χ4v) is 4.84. The van der Waals surface area contributed by atoms with Crippen LogP contribution in [-0.2, 0) is 22.1 Å². The number of halogens is 1. The lowest BCUT2D eigenvalue weighted by Gasteiger charge is -2.36. The quantitative estimate of drug-likeness (QED) is 0.705. The minimum absolute atomic E-state index is 0.223. The number of anilines is 1. The maximum atomic E-state index is 13.1. The molecule has 0 unspecified atom stereocenters. The highest BCUT2D eigenvalue weighted by Gasteiger charge is 2.41. The van der Waals surface area contributed by atoms with E-state index in [9.17, 15) is 13.2 Å². The standard InChI is InChI=1S/C18H24ClN5O5S/c1-10-11(9-20-23(10)2)13-7-15(24(3)30(26,27)22-13)18(25)21-14-8-16(28-4)12(19)6-17(14)29-5/h6,8-9,13,15,22H,7H2,1-5H3,(H,21,25)/t13-,15+/m1/s1. The van der Waals surface area contributed by atoms with Crippen LogP contribution in [0.5, 0.6) is 11.5 Å². The van der Waals surface area contributed by atoms with E-state index in [0.717, 1.165) is 15.6 Å². The number of rotatable bonds is 5. The van der Waals surface area contributed by atoms with Crippen molar-refractivity contribution in [1.82, 2.24) is 18.8 Å². The average Bonchev–Trinajstić information content (AvgIpc) is 3.03. The van der Waals surface area contributed by atoms with E-state index in [4.69, 9.17) is 21.1 Å². The van der Waals surface area contributed by atoms with Crippen molar-refractivity contribution in [3.05, 3.63) is 34.6 Å². The molecule has 1 aliphatic rings. The van der Waals surface area contributed by atoms with Crippen molar-refractivity contribution in [2.75, 3.05) is 26.6 Å². The highest BCUT2D eigenvalue weighted by molar-refractivity contribution is 7.87. The summed E-state index contributed by atoms with van der Waals surface area (Å²) in [6.07, 6.45) is 1.83. The first-order chi connectivity index (χ1) is 14.1. The van der Waals surface area contributed by atoms with Crippen molar-refractivity contribution in [3.8, 4) is 11.5 Å². The summed E-state index contributed by atoms with van der Waals surface area (Å²) in [5.41, 5.74) is 1.86. The van der Waals surface area contributed by atoms with E-state index in [1.165, 1.54) is 33.4 Å². The Kier molecular flexibility index (Phi) is 6.27. The number of benzene rings is 1. The van der Waals surface area contributed by atoms with Gasteiger partial charge >= 0.3 is 0 Å². The molecular weight excluding hydrogens is 434 g/mol. The minimum atomic E-state index is -3.88. The molecular formula is C18H24ClN5O5S. The zero-order chi connectivity index (χ0) is 22.2. The lowest BCUT2D eigenvalue weighted by atomic mass is 10.00. The van der Waals surface area contributed by atoms with E-state index in [0.29, 0.717) is 22.2 Å². The summed E-state index contributed by atoms with van der Waals surface area (Å²) < 4.78 is 41.1. The third kappa shape index (κ3) is 4.10. The largest absolute Gasteiger partial charge is 0.495 e.